The second-order valence-electron chi connectivity index (χ2n) is 7.29. The topological polar surface area (TPSA) is 84.0 Å². The van der Waals surface area contributed by atoms with Crippen LogP contribution in [-0.2, 0) is 24.3 Å². The van der Waals surface area contributed by atoms with Gasteiger partial charge in [0.2, 0.25) is 10.0 Å². The van der Waals surface area contributed by atoms with Crippen molar-refractivity contribution in [3.05, 3.63) is 30.1 Å². The third-order valence-corrected chi connectivity index (χ3v) is 6.97. The van der Waals surface area contributed by atoms with Gasteiger partial charge in [-0.1, -0.05) is 6.92 Å². The monoisotopic (exact) mass is 414 g/mol. The van der Waals surface area contributed by atoms with Crippen LogP contribution in [0.3, 0.4) is 0 Å². The highest BCUT2D eigenvalue weighted by molar-refractivity contribution is 7.89. The number of benzene rings is 1. The van der Waals surface area contributed by atoms with Crippen molar-refractivity contribution in [2.24, 2.45) is 5.92 Å². The third kappa shape index (κ3) is 5.75. The number of carbonyl (C=O) groups is 2. The first-order chi connectivity index (χ1) is 13.1. The molecule has 0 atom stereocenters. The van der Waals surface area contributed by atoms with Crippen LogP contribution >= 0.6 is 0 Å². The fourth-order valence-corrected chi connectivity index (χ4v) is 4.29. The molecule has 1 saturated carbocycles. The van der Waals surface area contributed by atoms with Crippen LogP contribution in [0.2, 0.25) is 0 Å². The largest absolute Gasteiger partial charge is 0.455 e. The predicted octanol–water partition coefficient (Wildman–Crippen LogP) is 2.03. The summed E-state index contributed by atoms with van der Waals surface area (Å²) in [6, 6.07) is 4.44. The van der Waals surface area contributed by atoms with Gasteiger partial charge in [0.15, 0.2) is 6.61 Å². The van der Waals surface area contributed by atoms with Crippen LogP contribution in [0.25, 0.3) is 0 Å². The molecule has 0 saturated heterocycles. The van der Waals surface area contributed by atoms with Crippen LogP contribution in [0.15, 0.2) is 29.2 Å². The molecule has 0 bridgehead atoms. The first-order valence-corrected chi connectivity index (χ1v) is 10.7. The van der Waals surface area contributed by atoms with Gasteiger partial charge in [-0.2, -0.15) is 4.31 Å². The van der Waals surface area contributed by atoms with Crippen LogP contribution in [0, 0.1) is 11.7 Å². The molecule has 2 rings (SSSR count). The van der Waals surface area contributed by atoms with Gasteiger partial charge in [-0.25, -0.2) is 12.8 Å². The van der Waals surface area contributed by atoms with Gasteiger partial charge in [0.05, 0.1) is 4.90 Å². The van der Waals surface area contributed by atoms with Gasteiger partial charge in [0.25, 0.3) is 5.91 Å². The van der Waals surface area contributed by atoms with Crippen molar-refractivity contribution >= 4 is 21.9 Å². The summed E-state index contributed by atoms with van der Waals surface area (Å²) in [5, 5.41) is 0. The number of amides is 1. The van der Waals surface area contributed by atoms with Crippen LogP contribution in [0.5, 0.6) is 0 Å². The van der Waals surface area contributed by atoms with Crippen molar-refractivity contribution in [1.82, 2.24) is 9.21 Å². The number of halogens is 1. The van der Waals surface area contributed by atoms with Gasteiger partial charge in [-0.15, -0.1) is 0 Å². The van der Waals surface area contributed by atoms with Gasteiger partial charge in [-0.05, 0) is 55.9 Å². The maximum atomic E-state index is 13.0. The van der Waals surface area contributed by atoms with E-state index in [-0.39, 0.29) is 16.8 Å². The van der Waals surface area contributed by atoms with Crippen molar-refractivity contribution in [1.29, 1.82) is 0 Å². The van der Waals surface area contributed by atoms with Gasteiger partial charge < -0.3 is 9.64 Å². The Bertz CT molecular complexity index is 789. The minimum Gasteiger partial charge on any atom is -0.455 e. The average molecular weight is 414 g/mol. The molecule has 1 aliphatic rings. The van der Waals surface area contributed by atoms with Gasteiger partial charge in [-0.3, -0.25) is 9.59 Å². The van der Waals surface area contributed by atoms with Crippen molar-refractivity contribution < 1.29 is 27.1 Å². The maximum Gasteiger partial charge on any atom is 0.321 e. The van der Waals surface area contributed by atoms with Crippen LogP contribution < -0.4 is 0 Å². The molecule has 156 valence electrons. The van der Waals surface area contributed by atoms with E-state index in [1.165, 1.54) is 7.05 Å². The van der Waals surface area contributed by atoms with E-state index < -0.39 is 35.0 Å². The molecular formula is C19H27FN2O5S. The predicted molar refractivity (Wildman–Crippen MR) is 101 cm³/mol. The minimum absolute atomic E-state index is 0.133. The summed E-state index contributed by atoms with van der Waals surface area (Å²) >= 11 is 0. The average Bonchev–Trinajstić information content (AvgIpc) is 2.66. The van der Waals surface area contributed by atoms with E-state index >= 15 is 0 Å². The Morgan fingerprint density at radius 2 is 1.68 bits per heavy atom. The van der Waals surface area contributed by atoms with E-state index in [0.29, 0.717) is 5.92 Å². The SMILES string of the molecule is CC1CCC(N(C)C(=O)COC(=O)CN(C)S(=O)(=O)c2ccc(F)cc2)CC1. The number of hydrogen-bond donors (Lipinski definition) is 0. The van der Waals surface area contributed by atoms with E-state index in [9.17, 15) is 22.4 Å². The second-order valence-corrected chi connectivity index (χ2v) is 9.34. The zero-order valence-electron chi connectivity index (χ0n) is 16.4. The highest BCUT2D eigenvalue weighted by Gasteiger charge is 2.27. The maximum absolute atomic E-state index is 13.0. The van der Waals surface area contributed by atoms with Gasteiger partial charge in [0.1, 0.15) is 12.4 Å². The summed E-state index contributed by atoms with van der Waals surface area (Å²) in [6.07, 6.45) is 3.98. The number of rotatable bonds is 7. The lowest BCUT2D eigenvalue weighted by Gasteiger charge is -2.33. The summed E-state index contributed by atoms with van der Waals surface area (Å²) in [7, 11) is -1.04. The fourth-order valence-electron chi connectivity index (χ4n) is 3.18. The number of hydrogen-bond acceptors (Lipinski definition) is 5. The molecule has 0 aromatic heterocycles. The Balaban J connectivity index is 1.84. The van der Waals surface area contributed by atoms with E-state index in [4.69, 9.17) is 4.74 Å². The zero-order valence-corrected chi connectivity index (χ0v) is 17.2. The molecule has 1 aromatic rings. The number of ether oxygens (including phenoxy) is 1. The molecule has 1 fully saturated rings. The Hall–Kier alpha value is -2.00. The summed E-state index contributed by atoms with van der Waals surface area (Å²) < 4.78 is 43.5. The van der Waals surface area contributed by atoms with Crippen LogP contribution in [0.1, 0.15) is 32.6 Å². The number of esters is 1. The van der Waals surface area contributed by atoms with Gasteiger partial charge >= 0.3 is 5.97 Å². The van der Waals surface area contributed by atoms with Gasteiger partial charge in [0, 0.05) is 20.1 Å². The molecule has 0 aliphatic heterocycles. The highest BCUT2D eigenvalue weighted by atomic mass is 32.2. The number of sulfonamides is 1. The smallest absolute Gasteiger partial charge is 0.321 e. The number of carbonyl (C=O) groups excluding carboxylic acids is 2. The molecule has 0 heterocycles. The third-order valence-electron chi connectivity index (χ3n) is 5.16. The molecule has 0 unspecified atom stereocenters. The highest BCUT2D eigenvalue weighted by Crippen LogP contribution is 2.26. The Morgan fingerprint density at radius 1 is 1.11 bits per heavy atom. The van der Waals surface area contributed by atoms with Crippen molar-refractivity contribution in [3.8, 4) is 0 Å². The Kier molecular flexibility index (Phi) is 7.54. The lowest BCUT2D eigenvalue weighted by atomic mass is 9.87. The van der Waals surface area contributed by atoms with E-state index in [1.807, 2.05) is 0 Å². The minimum atomic E-state index is -3.96. The molecule has 28 heavy (non-hydrogen) atoms. The molecule has 7 nitrogen and oxygen atoms in total. The first kappa shape index (κ1) is 22.3. The lowest BCUT2D eigenvalue weighted by Crippen LogP contribution is -2.42. The van der Waals surface area contributed by atoms with Crippen LogP contribution in [-0.4, -0.2) is 62.8 Å². The van der Waals surface area contributed by atoms with Crippen molar-refractivity contribution in [3.63, 3.8) is 0 Å². The van der Waals surface area contributed by atoms with E-state index in [0.717, 1.165) is 54.3 Å². The standard InChI is InChI=1S/C19H27FN2O5S/c1-14-4-8-16(9-5-14)22(3)18(23)13-27-19(24)12-21(2)28(25,26)17-10-6-15(20)7-11-17/h6-7,10-11,14,16H,4-5,8-9,12-13H2,1-3H3. The number of likely N-dealkylation sites (N-methyl/N-ethyl adjacent to an activating group) is 2. The Labute approximate surface area is 165 Å². The summed E-state index contributed by atoms with van der Waals surface area (Å²) in [5.74, 6) is -1.03. The lowest BCUT2D eigenvalue weighted by molar-refractivity contribution is -0.152. The quantitative estimate of drug-likeness (QED) is 0.638. The molecule has 9 heteroatoms. The second kappa shape index (κ2) is 9.47. The number of nitrogens with zero attached hydrogens (tertiary/aromatic N) is 2. The Morgan fingerprint density at radius 3 is 2.25 bits per heavy atom. The molecule has 1 amide bonds. The molecule has 0 spiro atoms. The van der Waals surface area contributed by atoms with Crippen LogP contribution in [0.4, 0.5) is 4.39 Å². The molecule has 0 N–H and O–H groups in total. The summed E-state index contributed by atoms with van der Waals surface area (Å²) in [5.41, 5.74) is 0. The van der Waals surface area contributed by atoms with E-state index in [2.05, 4.69) is 6.92 Å². The molecular weight excluding hydrogens is 387 g/mol. The summed E-state index contributed by atoms with van der Waals surface area (Å²) in [4.78, 5) is 25.7. The van der Waals surface area contributed by atoms with E-state index in [1.54, 1.807) is 11.9 Å². The normalized spacial score (nSPS) is 20.0. The first-order valence-electron chi connectivity index (χ1n) is 9.24. The fraction of sp³-hybridized carbons (Fsp3) is 0.579. The van der Waals surface area contributed by atoms with Crippen molar-refractivity contribution in [2.75, 3.05) is 27.2 Å². The molecule has 1 aliphatic carbocycles. The zero-order chi connectivity index (χ0) is 20.9. The molecule has 0 radical (unpaired) electrons. The summed E-state index contributed by atoms with van der Waals surface area (Å²) in [6.45, 7) is 1.22. The van der Waals surface area contributed by atoms with Crippen molar-refractivity contribution in [2.45, 2.75) is 43.5 Å². The molecule has 1 aromatic carbocycles.